The van der Waals surface area contributed by atoms with Crippen molar-refractivity contribution in [1.29, 1.82) is 0 Å². The molecular formula is C14H15N3O2. The Morgan fingerprint density at radius 2 is 2.05 bits per heavy atom. The zero-order chi connectivity index (χ0) is 13.8. The molecule has 2 rings (SSSR count). The fraction of sp³-hybridized carbons (Fsp3) is 0.214. The van der Waals surface area contributed by atoms with Gasteiger partial charge in [0.1, 0.15) is 0 Å². The van der Waals surface area contributed by atoms with Crippen LogP contribution in [0.25, 0.3) is 0 Å². The SMILES string of the molecule is COC(=O)c1ccnc(Nc2cccc(C)c2C)n1. The summed E-state index contributed by atoms with van der Waals surface area (Å²) in [6, 6.07) is 7.44. The lowest BCUT2D eigenvalue weighted by molar-refractivity contribution is 0.0594. The molecule has 0 amide bonds. The van der Waals surface area contributed by atoms with Crippen LogP contribution in [0, 0.1) is 13.8 Å². The van der Waals surface area contributed by atoms with Crippen LogP contribution in [0.3, 0.4) is 0 Å². The number of hydrogen-bond donors (Lipinski definition) is 1. The van der Waals surface area contributed by atoms with Crippen molar-refractivity contribution < 1.29 is 9.53 Å². The van der Waals surface area contributed by atoms with Crippen LogP contribution in [0.15, 0.2) is 30.5 Å². The molecule has 0 aliphatic carbocycles. The lowest BCUT2D eigenvalue weighted by atomic mass is 10.1. The second kappa shape index (κ2) is 5.48. The highest BCUT2D eigenvalue weighted by Gasteiger charge is 2.09. The molecule has 1 heterocycles. The second-order valence-corrected chi connectivity index (χ2v) is 4.13. The monoisotopic (exact) mass is 257 g/mol. The summed E-state index contributed by atoms with van der Waals surface area (Å²) in [6.45, 7) is 4.05. The van der Waals surface area contributed by atoms with E-state index >= 15 is 0 Å². The Morgan fingerprint density at radius 1 is 1.26 bits per heavy atom. The molecule has 5 heteroatoms. The van der Waals surface area contributed by atoms with Crippen LogP contribution in [0.5, 0.6) is 0 Å². The van der Waals surface area contributed by atoms with E-state index in [0.29, 0.717) is 5.95 Å². The predicted molar refractivity (Wildman–Crippen MR) is 72.6 cm³/mol. The van der Waals surface area contributed by atoms with E-state index in [2.05, 4.69) is 20.0 Å². The Kier molecular flexibility index (Phi) is 3.75. The van der Waals surface area contributed by atoms with E-state index in [1.807, 2.05) is 32.0 Å². The molecule has 1 aromatic carbocycles. The topological polar surface area (TPSA) is 64.1 Å². The minimum Gasteiger partial charge on any atom is -0.464 e. The minimum absolute atomic E-state index is 0.227. The van der Waals surface area contributed by atoms with Gasteiger partial charge >= 0.3 is 5.97 Å². The van der Waals surface area contributed by atoms with Gasteiger partial charge in [0.15, 0.2) is 5.69 Å². The van der Waals surface area contributed by atoms with Crippen molar-refractivity contribution in [3.63, 3.8) is 0 Å². The van der Waals surface area contributed by atoms with E-state index in [4.69, 9.17) is 0 Å². The van der Waals surface area contributed by atoms with E-state index in [-0.39, 0.29) is 5.69 Å². The number of nitrogens with one attached hydrogen (secondary N) is 1. The van der Waals surface area contributed by atoms with Gasteiger partial charge in [0.2, 0.25) is 5.95 Å². The van der Waals surface area contributed by atoms with Crippen molar-refractivity contribution >= 4 is 17.6 Å². The number of methoxy groups -OCH3 is 1. The summed E-state index contributed by atoms with van der Waals surface area (Å²) in [5.74, 6) is -0.108. The number of nitrogens with zero attached hydrogens (tertiary/aromatic N) is 2. The second-order valence-electron chi connectivity index (χ2n) is 4.13. The molecule has 0 saturated heterocycles. The molecule has 0 bridgehead atoms. The number of hydrogen-bond acceptors (Lipinski definition) is 5. The van der Waals surface area contributed by atoms with Gasteiger partial charge in [-0.2, -0.15) is 0 Å². The maximum atomic E-state index is 11.4. The molecule has 2 aromatic rings. The maximum absolute atomic E-state index is 11.4. The average Bonchev–Trinajstić information content (AvgIpc) is 2.43. The van der Waals surface area contributed by atoms with Crippen LogP contribution in [0.1, 0.15) is 21.6 Å². The lowest BCUT2D eigenvalue weighted by Crippen LogP contribution is -2.07. The van der Waals surface area contributed by atoms with Gasteiger partial charge in [0.25, 0.3) is 0 Å². The molecule has 1 aromatic heterocycles. The Morgan fingerprint density at radius 3 is 2.79 bits per heavy atom. The quantitative estimate of drug-likeness (QED) is 0.856. The molecule has 0 atom stereocenters. The van der Waals surface area contributed by atoms with Gasteiger partial charge < -0.3 is 10.1 Å². The van der Waals surface area contributed by atoms with E-state index in [1.165, 1.54) is 24.9 Å². The molecule has 0 radical (unpaired) electrons. The first-order chi connectivity index (χ1) is 9.11. The van der Waals surface area contributed by atoms with Crippen molar-refractivity contribution in [1.82, 2.24) is 9.97 Å². The standard InChI is InChI=1S/C14H15N3O2/c1-9-5-4-6-11(10(9)2)16-14-15-8-7-12(17-14)13(18)19-3/h4-8H,1-3H3,(H,15,16,17). The number of benzene rings is 1. The smallest absolute Gasteiger partial charge is 0.356 e. The van der Waals surface area contributed by atoms with Crippen molar-refractivity contribution in [2.45, 2.75) is 13.8 Å². The first-order valence-corrected chi connectivity index (χ1v) is 5.86. The Hall–Kier alpha value is -2.43. The predicted octanol–water partition coefficient (Wildman–Crippen LogP) is 2.62. The molecule has 0 saturated carbocycles. The summed E-state index contributed by atoms with van der Waals surface area (Å²) in [5.41, 5.74) is 3.44. The van der Waals surface area contributed by atoms with Crippen molar-refractivity contribution in [2.24, 2.45) is 0 Å². The molecular weight excluding hydrogens is 242 g/mol. The molecule has 0 spiro atoms. The fourth-order valence-corrected chi connectivity index (χ4v) is 1.64. The van der Waals surface area contributed by atoms with Gasteiger partial charge in [-0.3, -0.25) is 0 Å². The number of esters is 1. The third kappa shape index (κ3) is 2.88. The number of carbonyl (C=O) groups excluding carboxylic acids is 1. The third-order valence-corrected chi connectivity index (χ3v) is 2.90. The molecule has 0 aliphatic rings. The molecule has 0 unspecified atom stereocenters. The number of ether oxygens (including phenoxy) is 1. The normalized spacial score (nSPS) is 10.1. The molecule has 98 valence electrons. The van der Waals surface area contributed by atoms with Crippen LogP contribution >= 0.6 is 0 Å². The van der Waals surface area contributed by atoms with Crippen LogP contribution in [-0.2, 0) is 4.74 Å². The molecule has 1 N–H and O–H groups in total. The minimum atomic E-state index is -0.480. The van der Waals surface area contributed by atoms with E-state index in [1.54, 1.807) is 0 Å². The number of rotatable bonds is 3. The van der Waals surface area contributed by atoms with Gasteiger partial charge in [0.05, 0.1) is 7.11 Å². The average molecular weight is 257 g/mol. The highest BCUT2D eigenvalue weighted by atomic mass is 16.5. The van der Waals surface area contributed by atoms with Gasteiger partial charge in [-0.1, -0.05) is 12.1 Å². The highest BCUT2D eigenvalue weighted by molar-refractivity contribution is 5.87. The van der Waals surface area contributed by atoms with Crippen molar-refractivity contribution in [3.8, 4) is 0 Å². The zero-order valence-electron chi connectivity index (χ0n) is 11.1. The van der Waals surface area contributed by atoms with Crippen LogP contribution in [-0.4, -0.2) is 23.0 Å². The first-order valence-electron chi connectivity index (χ1n) is 5.86. The summed E-state index contributed by atoms with van der Waals surface area (Å²) in [5, 5.41) is 3.10. The Balaban J connectivity index is 2.28. The summed E-state index contributed by atoms with van der Waals surface area (Å²) in [6.07, 6.45) is 1.52. The first kappa shape index (κ1) is 13.0. The van der Waals surface area contributed by atoms with E-state index < -0.39 is 5.97 Å². The molecule has 0 fully saturated rings. The van der Waals surface area contributed by atoms with Gasteiger partial charge in [-0.25, -0.2) is 14.8 Å². The van der Waals surface area contributed by atoms with Crippen LogP contribution in [0.2, 0.25) is 0 Å². The lowest BCUT2D eigenvalue weighted by Gasteiger charge is -2.10. The number of aryl methyl sites for hydroxylation is 1. The van der Waals surface area contributed by atoms with Crippen molar-refractivity contribution in [2.75, 3.05) is 12.4 Å². The van der Waals surface area contributed by atoms with Gasteiger partial charge in [-0.05, 0) is 37.1 Å². The van der Waals surface area contributed by atoms with Gasteiger partial charge in [-0.15, -0.1) is 0 Å². The van der Waals surface area contributed by atoms with Gasteiger partial charge in [0, 0.05) is 11.9 Å². The largest absolute Gasteiger partial charge is 0.464 e. The molecule has 19 heavy (non-hydrogen) atoms. The van der Waals surface area contributed by atoms with Crippen LogP contribution in [0.4, 0.5) is 11.6 Å². The molecule has 5 nitrogen and oxygen atoms in total. The number of aromatic nitrogens is 2. The Bertz CT molecular complexity index is 611. The molecule has 0 aliphatic heterocycles. The van der Waals surface area contributed by atoms with Crippen LogP contribution < -0.4 is 5.32 Å². The van der Waals surface area contributed by atoms with E-state index in [9.17, 15) is 4.79 Å². The summed E-state index contributed by atoms with van der Waals surface area (Å²) in [7, 11) is 1.32. The Labute approximate surface area is 111 Å². The third-order valence-electron chi connectivity index (χ3n) is 2.90. The fourth-order valence-electron chi connectivity index (χ4n) is 1.64. The summed E-state index contributed by atoms with van der Waals surface area (Å²) in [4.78, 5) is 19.6. The summed E-state index contributed by atoms with van der Waals surface area (Å²) >= 11 is 0. The number of anilines is 2. The van der Waals surface area contributed by atoms with Crippen molar-refractivity contribution in [3.05, 3.63) is 47.3 Å². The highest BCUT2D eigenvalue weighted by Crippen LogP contribution is 2.20. The zero-order valence-corrected chi connectivity index (χ0v) is 11.1. The van der Waals surface area contributed by atoms with E-state index in [0.717, 1.165) is 11.3 Å². The number of carbonyl (C=O) groups is 1. The maximum Gasteiger partial charge on any atom is 0.356 e. The summed E-state index contributed by atoms with van der Waals surface area (Å²) < 4.78 is 4.63.